The predicted molar refractivity (Wildman–Crippen MR) is 104 cm³/mol. The van der Waals surface area contributed by atoms with E-state index in [1.807, 2.05) is 13.8 Å². The smallest absolute Gasteiger partial charge is 0.232 e. The van der Waals surface area contributed by atoms with E-state index < -0.39 is 12.0 Å². The molecule has 156 valence electrons. The minimum atomic E-state index is -0.938. The zero-order valence-corrected chi connectivity index (χ0v) is 17.6. The van der Waals surface area contributed by atoms with Crippen LogP contribution in [-0.2, 0) is 14.3 Å². The lowest BCUT2D eigenvalue weighted by molar-refractivity contribution is -0.536. The average Bonchev–Trinajstić information content (AvgIpc) is 2.66. The van der Waals surface area contributed by atoms with Gasteiger partial charge in [0, 0.05) is 43.5 Å². The van der Waals surface area contributed by atoms with E-state index in [1.165, 1.54) is 7.11 Å². The van der Waals surface area contributed by atoms with Crippen molar-refractivity contribution < 1.29 is 19.2 Å². The van der Waals surface area contributed by atoms with Gasteiger partial charge in [0.2, 0.25) is 11.9 Å². The Morgan fingerprint density at radius 2 is 1.89 bits per heavy atom. The summed E-state index contributed by atoms with van der Waals surface area (Å²) in [6.07, 6.45) is 3.77. The topological polar surface area (TPSA) is 81.9 Å². The molecule has 2 fully saturated rings. The van der Waals surface area contributed by atoms with Gasteiger partial charge in [-0.3, -0.25) is 14.9 Å². The van der Waals surface area contributed by atoms with Gasteiger partial charge in [0.1, 0.15) is 5.92 Å². The van der Waals surface area contributed by atoms with Gasteiger partial charge in [0.25, 0.3) is 0 Å². The van der Waals surface area contributed by atoms with Crippen molar-refractivity contribution in [1.29, 1.82) is 0 Å². The van der Waals surface area contributed by atoms with Crippen molar-refractivity contribution in [1.82, 2.24) is 4.90 Å². The number of halogens is 1. The zero-order chi connectivity index (χ0) is 20.1. The lowest BCUT2D eigenvalue weighted by Crippen LogP contribution is -2.54. The van der Waals surface area contributed by atoms with Crippen LogP contribution in [0.25, 0.3) is 0 Å². The van der Waals surface area contributed by atoms with E-state index in [0.717, 1.165) is 25.7 Å². The zero-order valence-electron chi connectivity index (χ0n) is 16.8. The van der Waals surface area contributed by atoms with Crippen molar-refractivity contribution in [2.75, 3.05) is 20.8 Å². The van der Waals surface area contributed by atoms with Gasteiger partial charge in [-0.1, -0.05) is 0 Å². The summed E-state index contributed by atoms with van der Waals surface area (Å²) in [5, 5.41) is 11.9. The van der Waals surface area contributed by atoms with Crippen molar-refractivity contribution in [2.45, 2.75) is 82.0 Å². The number of nitro groups is 1. The van der Waals surface area contributed by atoms with Crippen LogP contribution < -0.4 is 0 Å². The molecule has 5 atom stereocenters. The van der Waals surface area contributed by atoms with Gasteiger partial charge in [0.05, 0.1) is 12.2 Å². The fourth-order valence-electron chi connectivity index (χ4n) is 4.59. The summed E-state index contributed by atoms with van der Waals surface area (Å²) in [6, 6.07) is -0.896. The summed E-state index contributed by atoms with van der Waals surface area (Å²) >= 11 is 6.20. The highest BCUT2D eigenvalue weighted by Crippen LogP contribution is 2.35. The predicted octanol–water partition coefficient (Wildman–Crippen LogP) is 3.11. The molecule has 0 N–H and O–H groups in total. The Hall–Kier alpha value is -0.920. The number of nitrogens with zero attached hydrogens (tertiary/aromatic N) is 2. The van der Waals surface area contributed by atoms with Crippen LogP contribution in [0.1, 0.15) is 52.4 Å². The number of ether oxygens (including phenoxy) is 2. The molecule has 0 spiro atoms. The average molecular weight is 405 g/mol. The molecular formula is C19H33ClN2O5. The maximum absolute atomic E-state index is 13.2. The first-order valence-electron chi connectivity index (χ1n) is 9.98. The maximum Gasteiger partial charge on any atom is 0.232 e. The van der Waals surface area contributed by atoms with Gasteiger partial charge in [-0.05, 0) is 51.9 Å². The van der Waals surface area contributed by atoms with Crippen molar-refractivity contribution in [2.24, 2.45) is 11.8 Å². The van der Waals surface area contributed by atoms with Crippen molar-refractivity contribution in [3.8, 4) is 0 Å². The highest BCUT2D eigenvalue weighted by molar-refractivity contribution is 6.20. The normalized spacial score (nSPS) is 35.4. The molecule has 0 aromatic rings. The molecule has 0 bridgehead atoms. The third-order valence-corrected chi connectivity index (χ3v) is 6.89. The molecule has 27 heavy (non-hydrogen) atoms. The number of carbonyl (C=O) groups excluding carboxylic acids is 1. The molecule has 1 amide bonds. The Balaban J connectivity index is 2.11. The fourth-order valence-corrected chi connectivity index (χ4v) is 4.84. The fraction of sp³-hybridized carbons (Fsp3) is 0.947. The number of rotatable bonds is 7. The summed E-state index contributed by atoms with van der Waals surface area (Å²) in [5.74, 6) is -0.447. The minimum absolute atomic E-state index is 0.0414. The number of carbonyl (C=O) groups is 1. The third-order valence-electron chi connectivity index (χ3n) is 6.45. The molecule has 0 radical (unpaired) electrons. The summed E-state index contributed by atoms with van der Waals surface area (Å²) in [5.41, 5.74) is 0. The molecule has 0 saturated heterocycles. The first kappa shape index (κ1) is 22.4. The molecule has 2 aliphatic carbocycles. The van der Waals surface area contributed by atoms with Gasteiger partial charge in [-0.25, -0.2) is 0 Å². The largest absolute Gasteiger partial charge is 0.378 e. The lowest BCUT2D eigenvalue weighted by Gasteiger charge is -2.40. The van der Waals surface area contributed by atoms with Crippen LogP contribution >= 0.6 is 11.6 Å². The van der Waals surface area contributed by atoms with Gasteiger partial charge < -0.3 is 14.4 Å². The van der Waals surface area contributed by atoms with Gasteiger partial charge in [-0.2, -0.15) is 0 Å². The standard InChI is InChI=1S/C19H33ClN2O5/c1-5-27-18-10-15(16(22(24)25)11-17(18)26-4)19(23)21(3)12(2)13-6-8-14(20)9-7-13/h12-18H,5-11H2,1-4H3. The molecule has 2 saturated carbocycles. The number of amides is 1. The molecule has 0 aromatic carbocycles. The third kappa shape index (κ3) is 5.33. The Morgan fingerprint density at radius 1 is 1.26 bits per heavy atom. The molecule has 2 rings (SSSR count). The van der Waals surface area contributed by atoms with Crippen molar-refractivity contribution in [3.05, 3.63) is 10.1 Å². The van der Waals surface area contributed by atoms with Gasteiger partial charge in [-0.15, -0.1) is 11.6 Å². The first-order chi connectivity index (χ1) is 12.8. The molecule has 0 heterocycles. The van der Waals surface area contributed by atoms with Crippen LogP contribution in [0.4, 0.5) is 0 Å². The van der Waals surface area contributed by atoms with E-state index in [4.69, 9.17) is 21.1 Å². The van der Waals surface area contributed by atoms with Crippen LogP contribution in [0.3, 0.4) is 0 Å². The van der Waals surface area contributed by atoms with E-state index in [-0.39, 0.29) is 40.9 Å². The second kappa shape index (κ2) is 10.0. The van der Waals surface area contributed by atoms with Crippen LogP contribution in [0, 0.1) is 22.0 Å². The number of hydrogen-bond acceptors (Lipinski definition) is 5. The van der Waals surface area contributed by atoms with E-state index in [2.05, 4.69) is 0 Å². The summed E-state index contributed by atoms with van der Waals surface area (Å²) < 4.78 is 11.1. The van der Waals surface area contributed by atoms with E-state index in [1.54, 1.807) is 11.9 Å². The highest BCUT2D eigenvalue weighted by atomic mass is 35.5. The SMILES string of the molecule is CCOC1CC(C(=O)N(C)C(C)C2CCC(Cl)CC2)C([N+](=O)[O-])CC1OC. The Labute approximate surface area is 166 Å². The quantitative estimate of drug-likeness (QED) is 0.370. The Bertz CT molecular complexity index is 512. The second-order valence-electron chi connectivity index (χ2n) is 7.90. The minimum Gasteiger partial charge on any atom is -0.378 e. The van der Waals surface area contributed by atoms with Gasteiger partial charge >= 0.3 is 0 Å². The molecule has 8 heteroatoms. The summed E-state index contributed by atoms with van der Waals surface area (Å²) in [7, 11) is 3.31. The lowest BCUT2D eigenvalue weighted by atomic mass is 9.79. The monoisotopic (exact) mass is 404 g/mol. The van der Waals surface area contributed by atoms with Crippen LogP contribution in [0.15, 0.2) is 0 Å². The number of hydrogen-bond donors (Lipinski definition) is 0. The first-order valence-corrected chi connectivity index (χ1v) is 10.4. The Morgan fingerprint density at radius 3 is 2.41 bits per heavy atom. The maximum atomic E-state index is 13.2. The second-order valence-corrected chi connectivity index (χ2v) is 8.52. The van der Waals surface area contributed by atoms with Crippen molar-refractivity contribution in [3.63, 3.8) is 0 Å². The van der Waals surface area contributed by atoms with Crippen molar-refractivity contribution >= 4 is 17.5 Å². The van der Waals surface area contributed by atoms with Crippen LogP contribution in [0.5, 0.6) is 0 Å². The van der Waals surface area contributed by atoms with E-state index in [9.17, 15) is 14.9 Å². The van der Waals surface area contributed by atoms with Gasteiger partial charge in [0.15, 0.2) is 0 Å². The molecular weight excluding hydrogens is 372 g/mol. The van der Waals surface area contributed by atoms with E-state index in [0.29, 0.717) is 18.9 Å². The Kier molecular flexibility index (Phi) is 8.31. The number of methoxy groups -OCH3 is 1. The van der Waals surface area contributed by atoms with Crippen LogP contribution in [-0.4, -0.2) is 66.2 Å². The van der Waals surface area contributed by atoms with E-state index >= 15 is 0 Å². The van der Waals surface area contributed by atoms with Crippen LogP contribution in [0.2, 0.25) is 0 Å². The molecule has 5 unspecified atom stereocenters. The molecule has 0 aromatic heterocycles. The highest BCUT2D eigenvalue weighted by Gasteiger charge is 2.49. The summed E-state index contributed by atoms with van der Waals surface area (Å²) in [4.78, 5) is 26.2. The molecule has 2 aliphatic rings. The molecule has 0 aliphatic heterocycles. The molecule has 7 nitrogen and oxygen atoms in total. The summed E-state index contributed by atoms with van der Waals surface area (Å²) in [6.45, 7) is 4.41. The number of alkyl halides is 1.